The van der Waals surface area contributed by atoms with Crippen LogP contribution in [0.5, 0.6) is 0 Å². The molecule has 0 aliphatic rings. The molecule has 0 saturated heterocycles. The fourth-order valence-electron chi connectivity index (χ4n) is 2.61. The minimum absolute atomic E-state index is 0.0527. The first kappa shape index (κ1) is 20.0. The van der Waals surface area contributed by atoms with Crippen LogP contribution in [0.25, 0.3) is 11.1 Å². The molecule has 28 heavy (non-hydrogen) atoms. The predicted molar refractivity (Wildman–Crippen MR) is 106 cm³/mol. The predicted octanol–water partition coefficient (Wildman–Crippen LogP) is 3.86. The maximum atomic E-state index is 11.9. The molecule has 0 fully saturated rings. The van der Waals surface area contributed by atoms with Crippen molar-refractivity contribution in [3.8, 4) is 0 Å². The number of carbonyl (C=O) groups is 2. The molecule has 2 aromatic carbocycles. The number of halogens is 2. The van der Waals surface area contributed by atoms with Crippen molar-refractivity contribution < 1.29 is 18.7 Å². The first-order valence-electron chi connectivity index (χ1n) is 8.43. The van der Waals surface area contributed by atoms with Crippen molar-refractivity contribution in [3.05, 3.63) is 63.1 Å². The number of carbonyl (C=O) groups excluding carboxylic acids is 2. The number of anilines is 1. The van der Waals surface area contributed by atoms with Gasteiger partial charge in [0.2, 0.25) is 0 Å². The molecule has 146 valence electrons. The Labute approximate surface area is 169 Å². The van der Waals surface area contributed by atoms with Gasteiger partial charge in [0.05, 0.1) is 16.2 Å². The van der Waals surface area contributed by atoms with Crippen LogP contribution in [0, 0.1) is 0 Å². The first-order chi connectivity index (χ1) is 13.4. The van der Waals surface area contributed by atoms with Crippen LogP contribution < -0.4 is 11.1 Å². The van der Waals surface area contributed by atoms with E-state index in [9.17, 15) is 14.4 Å². The zero-order valence-electron chi connectivity index (χ0n) is 14.6. The third-order valence-corrected chi connectivity index (χ3v) is 4.47. The second-order valence-electron chi connectivity index (χ2n) is 5.92. The molecule has 3 rings (SSSR count). The van der Waals surface area contributed by atoms with Gasteiger partial charge in [0.25, 0.3) is 5.91 Å². The van der Waals surface area contributed by atoms with Gasteiger partial charge in [-0.2, -0.15) is 0 Å². The fourth-order valence-corrected chi connectivity index (χ4v) is 2.94. The van der Waals surface area contributed by atoms with E-state index in [0.717, 1.165) is 0 Å². The topological polar surface area (TPSA) is 90.5 Å². The zero-order chi connectivity index (χ0) is 20.1. The number of amides is 1. The molecule has 7 nitrogen and oxygen atoms in total. The number of hydrogen-bond donors (Lipinski definition) is 1. The fraction of sp³-hybridized carbons (Fsp3) is 0.211. The molecule has 1 heterocycles. The van der Waals surface area contributed by atoms with E-state index in [-0.39, 0.29) is 6.42 Å². The number of oxazole rings is 1. The number of fused-ring (bicyclic) bond motifs is 1. The summed E-state index contributed by atoms with van der Waals surface area (Å²) in [5, 5.41) is 3.26. The van der Waals surface area contributed by atoms with E-state index in [1.165, 1.54) is 10.6 Å². The monoisotopic (exact) mass is 422 g/mol. The van der Waals surface area contributed by atoms with Crippen molar-refractivity contribution in [3.63, 3.8) is 0 Å². The lowest BCUT2D eigenvalue weighted by Gasteiger charge is -2.08. The van der Waals surface area contributed by atoms with Gasteiger partial charge >= 0.3 is 11.7 Å². The molecule has 0 unspecified atom stereocenters. The molecular weight excluding hydrogens is 407 g/mol. The van der Waals surface area contributed by atoms with Gasteiger partial charge in [0.15, 0.2) is 12.2 Å². The van der Waals surface area contributed by atoms with Gasteiger partial charge in [-0.25, -0.2) is 4.79 Å². The van der Waals surface area contributed by atoms with Crippen LogP contribution in [0.4, 0.5) is 5.69 Å². The summed E-state index contributed by atoms with van der Waals surface area (Å²) in [7, 11) is 0. The van der Waals surface area contributed by atoms with Crippen LogP contribution >= 0.6 is 23.2 Å². The Kier molecular flexibility index (Phi) is 6.38. The highest BCUT2D eigenvalue weighted by molar-refractivity contribution is 6.35. The standard InChI is InChI=1S/C19H16Cl2N2O5/c20-12-7-8-13(21)14(10-12)22-17(24)11-27-18(25)6-3-9-23-15-4-1-2-5-16(15)28-19(23)26/h1-2,4-5,7-8,10H,3,6,9,11H2,(H,22,24). The number of benzene rings is 2. The lowest BCUT2D eigenvalue weighted by Crippen LogP contribution is -2.21. The molecule has 0 saturated carbocycles. The van der Waals surface area contributed by atoms with E-state index in [0.29, 0.717) is 39.8 Å². The number of esters is 1. The van der Waals surface area contributed by atoms with Crippen molar-refractivity contribution in [2.24, 2.45) is 0 Å². The van der Waals surface area contributed by atoms with Crippen molar-refractivity contribution in [1.29, 1.82) is 0 Å². The number of para-hydroxylation sites is 2. The first-order valence-corrected chi connectivity index (χ1v) is 9.18. The summed E-state index contributed by atoms with van der Waals surface area (Å²) in [4.78, 5) is 35.6. The Morgan fingerprint density at radius 1 is 1.14 bits per heavy atom. The minimum atomic E-state index is -0.548. The number of hydrogen-bond acceptors (Lipinski definition) is 5. The average Bonchev–Trinajstić information content (AvgIpc) is 2.98. The maximum Gasteiger partial charge on any atom is 0.419 e. The van der Waals surface area contributed by atoms with Crippen molar-refractivity contribution in [1.82, 2.24) is 4.57 Å². The molecule has 0 bridgehead atoms. The molecule has 1 N–H and O–H groups in total. The van der Waals surface area contributed by atoms with Crippen LogP contribution in [0.1, 0.15) is 12.8 Å². The Hall–Kier alpha value is -2.77. The van der Waals surface area contributed by atoms with Gasteiger partial charge in [-0.05, 0) is 36.8 Å². The number of aromatic nitrogens is 1. The SMILES string of the molecule is O=C(COC(=O)CCCn1c(=O)oc2ccccc21)Nc1cc(Cl)ccc1Cl. The summed E-state index contributed by atoms with van der Waals surface area (Å²) in [5.74, 6) is -1.56. The Bertz CT molecular complexity index is 1070. The summed E-state index contributed by atoms with van der Waals surface area (Å²) in [5.41, 5.74) is 1.49. The van der Waals surface area contributed by atoms with Crippen molar-refractivity contribution in [2.45, 2.75) is 19.4 Å². The Morgan fingerprint density at radius 2 is 1.93 bits per heavy atom. The normalized spacial score (nSPS) is 10.8. The summed E-state index contributed by atoms with van der Waals surface area (Å²) >= 11 is 11.8. The highest BCUT2D eigenvalue weighted by Crippen LogP contribution is 2.25. The summed E-state index contributed by atoms with van der Waals surface area (Å²) in [6.07, 6.45) is 0.418. The largest absolute Gasteiger partial charge is 0.456 e. The molecule has 1 aromatic heterocycles. The Balaban J connectivity index is 1.45. The number of nitrogens with one attached hydrogen (secondary N) is 1. The lowest BCUT2D eigenvalue weighted by molar-refractivity contribution is -0.147. The molecular formula is C19H16Cl2N2O5. The van der Waals surface area contributed by atoms with E-state index in [1.807, 2.05) is 0 Å². The molecule has 9 heteroatoms. The maximum absolute atomic E-state index is 11.9. The third-order valence-electron chi connectivity index (χ3n) is 3.90. The molecule has 3 aromatic rings. The molecule has 0 radical (unpaired) electrons. The van der Waals surface area contributed by atoms with E-state index in [1.54, 1.807) is 36.4 Å². The van der Waals surface area contributed by atoms with E-state index in [2.05, 4.69) is 5.32 Å². The Morgan fingerprint density at radius 3 is 2.75 bits per heavy atom. The van der Waals surface area contributed by atoms with Gasteiger partial charge < -0.3 is 14.5 Å². The molecule has 0 spiro atoms. The second-order valence-corrected chi connectivity index (χ2v) is 6.77. The van der Waals surface area contributed by atoms with Gasteiger partial charge in [-0.15, -0.1) is 0 Å². The number of rotatable bonds is 7. The minimum Gasteiger partial charge on any atom is -0.456 e. The van der Waals surface area contributed by atoms with E-state index < -0.39 is 24.2 Å². The zero-order valence-corrected chi connectivity index (χ0v) is 16.1. The molecule has 1 amide bonds. The van der Waals surface area contributed by atoms with Crippen LogP contribution in [0.15, 0.2) is 51.7 Å². The van der Waals surface area contributed by atoms with E-state index in [4.69, 9.17) is 32.4 Å². The quantitative estimate of drug-likeness (QED) is 0.583. The number of nitrogens with zero attached hydrogens (tertiary/aromatic N) is 1. The lowest BCUT2D eigenvalue weighted by atomic mass is 10.3. The highest BCUT2D eigenvalue weighted by Gasteiger charge is 2.12. The van der Waals surface area contributed by atoms with Crippen LogP contribution in [-0.4, -0.2) is 23.1 Å². The van der Waals surface area contributed by atoms with Crippen LogP contribution in [0.3, 0.4) is 0 Å². The van der Waals surface area contributed by atoms with Gasteiger partial charge in [0, 0.05) is 18.0 Å². The number of ether oxygens (including phenoxy) is 1. The second kappa shape index (κ2) is 8.95. The number of aryl methyl sites for hydroxylation is 1. The van der Waals surface area contributed by atoms with Crippen LogP contribution in [-0.2, 0) is 20.9 Å². The van der Waals surface area contributed by atoms with Crippen LogP contribution in [0.2, 0.25) is 10.0 Å². The summed E-state index contributed by atoms with van der Waals surface area (Å²) in [6, 6.07) is 11.7. The van der Waals surface area contributed by atoms with Crippen molar-refractivity contribution >= 4 is 51.9 Å². The smallest absolute Gasteiger partial charge is 0.419 e. The summed E-state index contributed by atoms with van der Waals surface area (Å²) < 4.78 is 11.5. The van der Waals surface area contributed by atoms with Gasteiger partial charge in [0.1, 0.15) is 0 Å². The van der Waals surface area contributed by atoms with Crippen molar-refractivity contribution in [2.75, 3.05) is 11.9 Å². The molecule has 0 aliphatic heterocycles. The van der Waals surface area contributed by atoms with Gasteiger partial charge in [-0.3, -0.25) is 14.2 Å². The molecule has 0 atom stereocenters. The average molecular weight is 423 g/mol. The summed E-state index contributed by atoms with van der Waals surface area (Å²) in [6.45, 7) is -0.147. The third kappa shape index (κ3) is 4.94. The van der Waals surface area contributed by atoms with Gasteiger partial charge in [-0.1, -0.05) is 35.3 Å². The highest BCUT2D eigenvalue weighted by atomic mass is 35.5. The van der Waals surface area contributed by atoms with E-state index >= 15 is 0 Å². The molecule has 0 aliphatic carbocycles.